The van der Waals surface area contributed by atoms with Crippen LogP contribution in [0, 0.1) is 0 Å². The second-order valence-corrected chi connectivity index (χ2v) is 5.98. The van der Waals surface area contributed by atoms with Gasteiger partial charge in [-0.2, -0.15) is 0 Å². The molecule has 0 spiro atoms. The first kappa shape index (κ1) is 18.2. The van der Waals surface area contributed by atoms with Crippen LogP contribution < -0.4 is 15.8 Å². The van der Waals surface area contributed by atoms with Crippen LogP contribution in [0.2, 0.25) is 0 Å². The molecule has 0 aromatic heterocycles. The second-order valence-electron chi connectivity index (χ2n) is 5.98. The van der Waals surface area contributed by atoms with E-state index in [-0.39, 0.29) is 18.9 Å². The number of fused-ring (bicyclic) bond motifs is 1. The minimum atomic E-state index is -0.406. The van der Waals surface area contributed by atoms with E-state index < -0.39 is 5.91 Å². The van der Waals surface area contributed by atoms with Crippen LogP contribution in [0.1, 0.15) is 12.0 Å². The third-order valence-corrected chi connectivity index (χ3v) is 3.98. The predicted molar refractivity (Wildman–Crippen MR) is 107 cm³/mol. The normalized spacial score (nSPS) is 10.8. The molecule has 3 N–H and O–H groups in total. The topological polar surface area (TPSA) is 81.4 Å². The average Bonchev–Trinajstić information content (AvgIpc) is 2.67. The number of benzene rings is 3. The number of ether oxygens (including phenoxy) is 1. The molecule has 27 heavy (non-hydrogen) atoms. The molecule has 3 rings (SSSR count). The lowest BCUT2D eigenvalue weighted by Crippen LogP contribution is -2.14. The first-order valence-corrected chi connectivity index (χ1v) is 8.60. The standard InChI is InChI=1S/C22H20N2O3/c23-21(25)14-15-27-19-11-9-18(10-12-19)24-22(26)13-8-17-6-3-5-16-4-1-2-7-20(16)17/h1-13H,14-15H2,(H2,23,25)(H,24,26)/b13-8+. The Morgan fingerprint density at radius 1 is 0.963 bits per heavy atom. The van der Waals surface area contributed by atoms with Crippen LogP contribution in [0.25, 0.3) is 16.8 Å². The van der Waals surface area contributed by atoms with Crippen LogP contribution in [0.5, 0.6) is 5.75 Å². The van der Waals surface area contributed by atoms with Crippen LogP contribution >= 0.6 is 0 Å². The Balaban J connectivity index is 1.60. The number of amides is 2. The molecule has 0 aliphatic heterocycles. The minimum absolute atomic E-state index is 0.164. The van der Waals surface area contributed by atoms with Gasteiger partial charge in [-0.25, -0.2) is 0 Å². The number of rotatable bonds is 7. The molecule has 5 heteroatoms. The highest BCUT2D eigenvalue weighted by atomic mass is 16.5. The summed E-state index contributed by atoms with van der Waals surface area (Å²) >= 11 is 0. The highest BCUT2D eigenvalue weighted by molar-refractivity contribution is 6.03. The highest BCUT2D eigenvalue weighted by Gasteiger charge is 2.01. The summed E-state index contributed by atoms with van der Waals surface area (Å²) in [5.74, 6) is -0.0113. The number of nitrogens with two attached hydrogens (primary N) is 1. The van der Waals surface area contributed by atoms with E-state index in [4.69, 9.17) is 10.5 Å². The fraction of sp³-hybridized carbons (Fsp3) is 0.0909. The molecule has 0 saturated carbocycles. The van der Waals surface area contributed by atoms with Crippen molar-refractivity contribution in [1.82, 2.24) is 0 Å². The minimum Gasteiger partial charge on any atom is -0.493 e. The van der Waals surface area contributed by atoms with Crippen LogP contribution in [0.15, 0.2) is 72.8 Å². The monoisotopic (exact) mass is 360 g/mol. The molecule has 0 unspecified atom stereocenters. The van der Waals surface area contributed by atoms with Gasteiger partial charge in [0, 0.05) is 11.8 Å². The van der Waals surface area contributed by atoms with E-state index in [1.807, 2.05) is 42.5 Å². The lowest BCUT2D eigenvalue weighted by Gasteiger charge is -2.07. The number of anilines is 1. The summed E-state index contributed by atoms with van der Waals surface area (Å²) in [6, 6.07) is 21.0. The van der Waals surface area contributed by atoms with Gasteiger partial charge >= 0.3 is 0 Å². The summed E-state index contributed by atoms with van der Waals surface area (Å²) in [6.07, 6.45) is 3.48. The number of nitrogens with one attached hydrogen (secondary N) is 1. The Morgan fingerprint density at radius 3 is 2.48 bits per heavy atom. The molecular formula is C22H20N2O3. The zero-order valence-electron chi connectivity index (χ0n) is 14.7. The Bertz CT molecular complexity index is 973. The first-order valence-electron chi connectivity index (χ1n) is 8.60. The quantitative estimate of drug-likeness (QED) is 0.630. The van der Waals surface area contributed by atoms with Gasteiger partial charge in [0.2, 0.25) is 11.8 Å². The van der Waals surface area contributed by atoms with Crippen LogP contribution in [0.3, 0.4) is 0 Å². The van der Waals surface area contributed by atoms with Crippen molar-refractivity contribution in [2.75, 3.05) is 11.9 Å². The van der Waals surface area contributed by atoms with Crippen molar-refractivity contribution in [3.8, 4) is 5.75 Å². The van der Waals surface area contributed by atoms with E-state index in [1.54, 1.807) is 30.3 Å². The smallest absolute Gasteiger partial charge is 0.248 e. The maximum Gasteiger partial charge on any atom is 0.248 e. The van der Waals surface area contributed by atoms with Crippen LogP contribution in [0.4, 0.5) is 5.69 Å². The lowest BCUT2D eigenvalue weighted by molar-refractivity contribution is -0.118. The summed E-state index contributed by atoms with van der Waals surface area (Å²) in [6.45, 7) is 0.231. The molecule has 0 radical (unpaired) electrons. The molecule has 0 saturated heterocycles. The molecule has 2 amide bonds. The first-order chi connectivity index (χ1) is 13.1. The zero-order valence-corrected chi connectivity index (χ0v) is 14.7. The SMILES string of the molecule is NC(=O)CCOc1ccc(NC(=O)/C=C/c2cccc3ccccc23)cc1. The summed E-state index contributed by atoms with van der Waals surface area (Å²) < 4.78 is 5.40. The Morgan fingerprint density at radius 2 is 1.70 bits per heavy atom. The van der Waals surface area contributed by atoms with Gasteiger partial charge in [-0.1, -0.05) is 42.5 Å². The van der Waals surface area contributed by atoms with Crippen molar-refractivity contribution in [1.29, 1.82) is 0 Å². The van der Waals surface area contributed by atoms with Gasteiger partial charge in [-0.15, -0.1) is 0 Å². The van der Waals surface area contributed by atoms with Crippen molar-refractivity contribution in [3.63, 3.8) is 0 Å². The van der Waals surface area contributed by atoms with Crippen molar-refractivity contribution in [3.05, 3.63) is 78.4 Å². The molecule has 0 fully saturated rings. The van der Waals surface area contributed by atoms with Crippen molar-refractivity contribution in [2.45, 2.75) is 6.42 Å². The Kier molecular flexibility index (Phi) is 5.84. The molecule has 3 aromatic carbocycles. The molecule has 3 aromatic rings. The summed E-state index contributed by atoms with van der Waals surface area (Å²) in [5, 5.41) is 5.04. The van der Waals surface area contributed by atoms with E-state index in [0.29, 0.717) is 11.4 Å². The Labute approximate surface area is 157 Å². The molecule has 0 atom stereocenters. The number of hydrogen-bond acceptors (Lipinski definition) is 3. The predicted octanol–water partition coefficient (Wildman–Crippen LogP) is 3.75. The largest absolute Gasteiger partial charge is 0.493 e. The summed E-state index contributed by atoms with van der Waals surface area (Å²) in [4.78, 5) is 22.9. The maximum atomic E-state index is 12.2. The van der Waals surface area contributed by atoms with E-state index in [9.17, 15) is 9.59 Å². The molecule has 136 valence electrons. The number of carbonyl (C=O) groups excluding carboxylic acids is 2. The molecule has 0 aliphatic carbocycles. The van der Waals surface area contributed by atoms with Crippen molar-refractivity contribution in [2.24, 2.45) is 5.73 Å². The van der Waals surface area contributed by atoms with Gasteiger partial charge in [-0.05, 0) is 46.7 Å². The van der Waals surface area contributed by atoms with E-state index in [1.165, 1.54) is 6.08 Å². The van der Waals surface area contributed by atoms with E-state index >= 15 is 0 Å². The van der Waals surface area contributed by atoms with Crippen LogP contribution in [-0.4, -0.2) is 18.4 Å². The molecular weight excluding hydrogens is 340 g/mol. The molecule has 0 heterocycles. The third kappa shape index (κ3) is 5.19. The fourth-order valence-corrected chi connectivity index (χ4v) is 2.65. The number of primary amides is 1. The second kappa shape index (κ2) is 8.67. The zero-order chi connectivity index (χ0) is 19.1. The average molecular weight is 360 g/mol. The van der Waals surface area contributed by atoms with E-state index in [2.05, 4.69) is 5.32 Å². The van der Waals surface area contributed by atoms with Crippen LogP contribution in [-0.2, 0) is 9.59 Å². The molecule has 5 nitrogen and oxygen atoms in total. The Hall–Kier alpha value is -3.60. The fourth-order valence-electron chi connectivity index (χ4n) is 2.65. The van der Waals surface area contributed by atoms with E-state index in [0.717, 1.165) is 16.3 Å². The summed E-state index contributed by atoms with van der Waals surface area (Å²) in [5.41, 5.74) is 6.71. The lowest BCUT2D eigenvalue weighted by atomic mass is 10.0. The maximum absolute atomic E-state index is 12.2. The number of carbonyl (C=O) groups is 2. The van der Waals surface area contributed by atoms with Gasteiger partial charge < -0.3 is 15.8 Å². The van der Waals surface area contributed by atoms with Gasteiger partial charge in [0.15, 0.2) is 0 Å². The highest BCUT2D eigenvalue weighted by Crippen LogP contribution is 2.20. The van der Waals surface area contributed by atoms with Crippen molar-refractivity contribution >= 4 is 34.4 Å². The number of hydrogen-bond donors (Lipinski definition) is 2. The van der Waals surface area contributed by atoms with Gasteiger partial charge in [-0.3, -0.25) is 9.59 Å². The van der Waals surface area contributed by atoms with Gasteiger partial charge in [0.25, 0.3) is 0 Å². The summed E-state index contributed by atoms with van der Waals surface area (Å²) in [7, 11) is 0. The van der Waals surface area contributed by atoms with Gasteiger partial charge in [0.1, 0.15) is 5.75 Å². The third-order valence-electron chi connectivity index (χ3n) is 3.98. The van der Waals surface area contributed by atoms with Gasteiger partial charge in [0.05, 0.1) is 13.0 Å². The van der Waals surface area contributed by atoms with Crippen molar-refractivity contribution < 1.29 is 14.3 Å². The molecule has 0 bridgehead atoms. The molecule has 0 aliphatic rings.